The van der Waals surface area contributed by atoms with E-state index in [1.54, 1.807) is 0 Å². The summed E-state index contributed by atoms with van der Waals surface area (Å²) in [6.45, 7) is 5.49. The summed E-state index contributed by atoms with van der Waals surface area (Å²) in [5, 5.41) is 4.87. The van der Waals surface area contributed by atoms with E-state index in [9.17, 15) is 0 Å². The van der Waals surface area contributed by atoms with E-state index in [2.05, 4.69) is 48.4 Å². The van der Waals surface area contributed by atoms with Crippen molar-refractivity contribution in [1.29, 1.82) is 0 Å². The Bertz CT molecular complexity index is 474. The maximum absolute atomic E-state index is 4.41. The van der Waals surface area contributed by atoms with Crippen molar-refractivity contribution in [2.75, 3.05) is 6.54 Å². The highest BCUT2D eigenvalue weighted by atomic mass is 14.9. The van der Waals surface area contributed by atoms with Gasteiger partial charge in [-0.25, -0.2) is 0 Å². The van der Waals surface area contributed by atoms with Crippen LogP contribution in [-0.2, 0) is 0 Å². The number of aromatic nitrogens is 1. The van der Waals surface area contributed by atoms with E-state index < -0.39 is 0 Å². The minimum Gasteiger partial charge on any atom is -0.310 e. The maximum Gasteiger partial charge on any atom is 0.0705 e. The van der Waals surface area contributed by atoms with E-state index in [0.717, 1.165) is 18.5 Å². The van der Waals surface area contributed by atoms with Gasteiger partial charge in [0.05, 0.1) is 5.52 Å². The van der Waals surface area contributed by atoms with E-state index in [1.165, 1.54) is 17.4 Å². The zero-order valence-electron chi connectivity index (χ0n) is 10.6. The van der Waals surface area contributed by atoms with Crippen molar-refractivity contribution >= 4 is 10.9 Å². The van der Waals surface area contributed by atoms with Crippen molar-refractivity contribution in [2.24, 2.45) is 0 Å². The number of rotatable bonds is 5. The second kappa shape index (κ2) is 5.78. The molecule has 1 heterocycles. The molecule has 2 rings (SSSR count). The van der Waals surface area contributed by atoms with Gasteiger partial charge < -0.3 is 5.32 Å². The normalized spacial score (nSPS) is 12.8. The van der Waals surface area contributed by atoms with Crippen molar-refractivity contribution < 1.29 is 0 Å². The van der Waals surface area contributed by atoms with Gasteiger partial charge in [0.1, 0.15) is 0 Å². The number of benzene rings is 1. The molecule has 90 valence electrons. The minimum atomic E-state index is 0.433. The van der Waals surface area contributed by atoms with Crippen molar-refractivity contribution in [2.45, 2.75) is 32.7 Å². The first-order valence-corrected chi connectivity index (χ1v) is 6.43. The van der Waals surface area contributed by atoms with Crippen LogP contribution >= 0.6 is 0 Å². The molecule has 1 aromatic carbocycles. The van der Waals surface area contributed by atoms with Crippen molar-refractivity contribution in [1.82, 2.24) is 10.3 Å². The van der Waals surface area contributed by atoms with Gasteiger partial charge in [-0.3, -0.25) is 4.98 Å². The van der Waals surface area contributed by atoms with E-state index in [-0.39, 0.29) is 0 Å². The number of hydrogen-bond donors (Lipinski definition) is 1. The number of hydrogen-bond acceptors (Lipinski definition) is 2. The highest BCUT2D eigenvalue weighted by molar-refractivity contribution is 5.82. The molecule has 0 aliphatic heterocycles. The molecule has 1 atom stereocenters. The molecular weight excluding hydrogens is 208 g/mol. The van der Waals surface area contributed by atoms with Crippen LogP contribution in [0.3, 0.4) is 0 Å². The lowest BCUT2D eigenvalue weighted by Gasteiger charge is -2.18. The van der Waals surface area contributed by atoms with Crippen molar-refractivity contribution in [3.8, 4) is 0 Å². The van der Waals surface area contributed by atoms with Gasteiger partial charge in [0.15, 0.2) is 0 Å². The Morgan fingerprint density at radius 1 is 1.18 bits per heavy atom. The molecule has 17 heavy (non-hydrogen) atoms. The topological polar surface area (TPSA) is 24.9 Å². The van der Waals surface area contributed by atoms with Gasteiger partial charge in [0.2, 0.25) is 0 Å². The second-order valence-corrected chi connectivity index (χ2v) is 4.33. The summed E-state index contributed by atoms with van der Waals surface area (Å²) in [5.41, 5.74) is 2.45. The zero-order valence-corrected chi connectivity index (χ0v) is 10.6. The average Bonchev–Trinajstić information content (AvgIpc) is 2.40. The van der Waals surface area contributed by atoms with Crippen LogP contribution < -0.4 is 5.32 Å². The van der Waals surface area contributed by atoms with E-state index in [1.807, 2.05) is 12.3 Å². The lowest BCUT2D eigenvalue weighted by molar-refractivity contribution is 0.521. The first kappa shape index (κ1) is 12.1. The highest BCUT2D eigenvalue weighted by Crippen LogP contribution is 2.24. The van der Waals surface area contributed by atoms with Crippen LogP contribution in [0.5, 0.6) is 0 Å². The predicted octanol–water partition coefficient (Wildman–Crippen LogP) is 3.69. The third kappa shape index (κ3) is 2.64. The molecule has 0 spiro atoms. The SMILES string of the molecule is CCCNC(CC)c1cccc2ncccc12. The van der Waals surface area contributed by atoms with Gasteiger partial charge in [-0.2, -0.15) is 0 Å². The maximum atomic E-state index is 4.41. The summed E-state index contributed by atoms with van der Waals surface area (Å²) >= 11 is 0. The molecule has 0 aliphatic carbocycles. The standard InChI is InChI=1S/C15H20N2/c1-3-10-16-14(4-2)12-7-5-9-15-13(12)8-6-11-17-15/h5-9,11,14,16H,3-4,10H2,1-2H3. The van der Waals surface area contributed by atoms with Gasteiger partial charge in [-0.05, 0) is 37.1 Å². The first-order valence-electron chi connectivity index (χ1n) is 6.43. The van der Waals surface area contributed by atoms with E-state index in [0.29, 0.717) is 6.04 Å². The van der Waals surface area contributed by atoms with Crippen molar-refractivity contribution in [3.05, 3.63) is 42.1 Å². The lowest BCUT2D eigenvalue weighted by atomic mass is 9.99. The largest absolute Gasteiger partial charge is 0.310 e. The van der Waals surface area contributed by atoms with Crippen LogP contribution in [0.15, 0.2) is 36.5 Å². The van der Waals surface area contributed by atoms with Crippen LogP contribution in [0, 0.1) is 0 Å². The Hall–Kier alpha value is -1.41. The first-order chi connectivity index (χ1) is 8.36. The molecule has 1 unspecified atom stereocenters. The third-order valence-electron chi connectivity index (χ3n) is 3.10. The van der Waals surface area contributed by atoms with Gasteiger partial charge in [0.25, 0.3) is 0 Å². The van der Waals surface area contributed by atoms with Crippen LogP contribution in [0.2, 0.25) is 0 Å². The summed E-state index contributed by atoms with van der Waals surface area (Å²) in [7, 11) is 0. The van der Waals surface area contributed by atoms with E-state index >= 15 is 0 Å². The second-order valence-electron chi connectivity index (χ2n) is 4.33. The Morgan fingerprint density at radius 2 is 2.06 bits per heavy atom. The average molecular weight is 228 g/mol. The fraction of sp³-hybridized carbons (Fsp3) is 0.400. The Morgan fingerprint density at radius 3 is 2.82 bits per heavy atom. The third-order valence-corrected chi connectivity index (χ3v) is 3.10. The van der Waals surface area contributed by atoms with Gasteiger partial charge in [-0.1, -0.05) is 32.0 Å². The molecule has 1 N–H and O–H groups in total. The molecule has 0 fully saturated rings. The molecule has 0 bridgehead atoms. The van der Waals surface area contributed by atoms with Crippen molar-refractivity contribution in [3.63, 3.8) is 0 Å². The Balaban J connectivity index is 2.38. The molecule has 0 saturated carbocycles. The number of fused-ring (bicyclic) bond motifs is 1. The van der Waals surface area contributed by atoms with Crippen LogP contribution in [0.1, 0.15) is 38.3 Å². The smallest absolute Gasteiger partial charge is 0.0705 e. The summed E-state index contributed by atoms with van der Waals surface area (Å²) in [4.78, 5) is 4.41. The molecule has 2 heteroatoms. The monoisotopic (exact) mass is 228 g/mol. The molecule has 0 radical (unpaired) electrons. The number of pyridine rings is 1. The van der Waals surface area contributed by atoms with Gasteiger partial charge in [0, 0.05) is 17.6 Å². The number of nitrogens with one attached hydrogen (secondary N) is 1. The molecule has 0 amide bonds. The molecule has 1 aromatic heterocycles. The molecular formula is C15H20N2. The van der Waals surface area contributed by atoms with Gasteiger partial charge in [-0.15, -0.1) is 0 Å². The number of nitrogens with zero attached hydrogens (tertiary/aromatic N) is 1. The molecule has 0 aliphatic rings. The van der Waals surface area contributed by atoms with Crippen LogP contribution in [-0.4, -0.2) is 11.5 Å². The van der Waals surface area contributed by atoms with Crippen LogP contribution in [0.4, 0.5) is 0 Å². The lowest BCUT2D eigenvalue weighted by Crippen LogP contribution is -2.21. The van der Waals surface area contributed by atoms with E-state index in [4.69, 9.17) is 0 Å². The molecule has 2 nitrogen and oxygen atoms in total. The summed E-state index contributed by atoms with van der Waals surface area (Å²) < 4.78 is 0. The fourth-order valence-corrected chi connectivity index (χ4v) is 2.22. The highest BCUT2D eigenvalue weighted by Gasteiger charge is 2.11. The fourth-order valence-electron chi connectivity index (χ4n) is 2.22. The zero-order chi connectivity index (χ0) is 12.1. The quantitative estimate of drug-likeness (QED) is 0.844. The molecule has 0 saturated heterocycles. The molecule has 2 aromatic rings. The summed E-state index contributed by atoms with van der Waals surface area (Å²) in [6, 6.07) is 11.0. The minimum absolute atomic E-state index is 0.433. The Kier molecular flexibility index (Phi) is 4.10. The van der Waals surface area contributed by atoms with Crippen LogP contribution in [0.25, 0.3) is 10.9 Å². The summed E-state index contributed by atoms with van der Waals surface area (Å²) in [6.07, 6.45) is 4.13. The predicted molar refractivity (Wildman–Crippen MR) is 73.1 cm³/mol. The Labute approximate surface area is 103 Å². The summed E-state index contributed by atoms with van der Waals surface area (Å²) in [5.74, 6) is 0. The van der Waals surface area contributed by atoms with Gasteiger partial charge >= 0.3 is 0 Å².